The third-order valence-corrected chi connectivity index (χ3v) is 1.87. The lowest BCUT2D eigenvalue weighted by Crippen LogP contribution is -2.27. The van der Waals surface area contributed by atoms with Gasteiger partial charge in [0.25, 0.3) is 11.9 Å². The predicted octanol–water partition coefficient (Wildman–Crippen LogP) is -0.195. The highest BCUT2D eigenvalue weighted by Gasteiger charge is 2.13. The van der Waals surface area contributed by atoms with E-state index in [1.807, 2.05) is 6.92 Å². The Labute approximate surface area is 85.9 Å². The number of aromatic amines is 2. The zero-order valence-corrected chi connectivity index (χ0v) is 8.52. The number of anilines is 2. The molecule has 80 valence electrons. The first kappa shape index (κ1) is 9.59. The van der Waals surface area contributed by atoms with Crippen molar-refractivity contribution in [1.29, 1.82) is 0 Å². The van der Waals surface area contributed by atoms with Crippen molar-refractivity contribution < 1.29 is 0 Å². The quantitative estimate of drug-likeness (QED) is 0.476. The van der Waals surface area contributed by atoms with Crippen LogP contribution in [0.3, 0.4) is 0 Å². The number of nitrogens with one attached hydrogen (secondary N) is 2. The van der Waals surface area contributed by atoms with Crippen molar-refractivity contribution >= 4 is 11.9 Å². The van der Waals surface area contributed by atoms with Crippen LogP contribution in [0.25, 0.3) is 0 Å². The number of nitrogens with two attached hydrogens (primary N) is 1. The van der Waals surface area contributed by atoms with Gasteiger partial charge < -0.3 is 0 Å². The number of aryl methyl sites for hydroxylation is 2. The van der Waals surface area contributed by atoms with Crippen molar-refractivity contribution in [3.8, 4) is 0 Å². The summed E-state index contributed by atoms with van der Waals surface area (Å²) in [6.45, 7) is 3.77. The van der Waals surface area contributed by atoms with Gasteiger partial charge >= 0.3 is 0 Å². The lowest BCUT2D eigenvalue weighted by Gasteiger charge is -2.07. The van der Waals surface area contributed by atoms with Gasteiger partial charge in [0.1, 0.15) is 11.6 Å². The van der Waals surface area contributed by atoms with Crippen LogP contribution in [0.5, 0.6) is 0 Å². The minimum absolute atomic E-state index is 0.342. The molecule has 2 heterocycles. The molecule has 0 saturated carbocycles. The van der Waals surface area contributed by atoms with Crippen LogP contribution in [0, 0.1) is 6.92 Å². The molecule has 0 atom stereocenters. The highest BCUT2D eigenvalue weighted by Crippen LogP contribution is 2.12. The minimum atomic E-state index is 0.342. The summed E-state index contributed by atoms with van der Waals surface area (Å²) >= 11 is 0. The molecule has 0 amide bonds. The monoisotopic (exact) mass is 208 g/mol. The molecule has 2 rings (SSSR count). The molecule has 0 aromatic carbocycles. The number of hydrogen-bond donors (Lipinski definition) is 3. The first-order chi connectivity index (χ1) is 7.20. The SMILES string of the molecule is CCc1nc(N(N)c2n[nH]c(C)n2)n[nH]1. The fourth-order valence-electron chi connectivity index (χ4n) is 1.08. The first-order valence-electron chi connectivity index (χ1n) is 4.55. The molecule has 0 radical (unpaired) electrons. The van der Waals surface area contributed by atoms with Crippen LogP contribution in [-0.4, -0.2) is 30.4 Å². The van der Waals surface area contributed by atoms with E-state index in [-0.39, 0.29) is 0 Å². The van der Waals surface area contributed by atoms with Crippen molar-refractivity contribution in [3.63, 3.8) is 0 Å². The standard InChI is InChI=1S/C7H12N8/c1-3-5-10-7(14-12-5)15(8)6-9-4(2)11-13-6/h3,8H2,1-2H3,(H,9,11,13)(H,10,12,14). The van der Waals surface area contributed by atoms with E-state index in [9.17, 15) is 0 Å². The lowest BCUT2D eigenvalue weighted by molar-refractivity contribution is 0.923. The molecule has 2 aromatic rings. The number of hydrazine groups is 1. The molecule has 0 aliphatic rings. The largest absolute Gasteiger partial charge is 0.266 e. The fraction of sp³-hybridized carbons (Fsp3) is 0.429. The van der Waals surface area contributed by atoms with Gasteiger partial charge in [0.2, 0.25) is 0 Å². The zero-order valence-electron chi connectivity index (χ0n) is 8.52. The molecular formula is C7H12N8. The Morgan fingerprint density at radius 1 is 1.20 bits per heavy atom. The molecule has 0 aliphatic carbocycles. The van der Waals surface area contributed by atoms with Gasteiger partial charge in [-0.3, -0.25) is 10.2 Å². The molecule has 0 fully saturated rings. The van der Waals surface area contributed by atoms with Crippen LogP contribution in [0.15, 0.2) is 0 Å². The first-order valence-corrected chi connectivity index (χ1v) is 4.55. The average molecular weight is 208 g/mol. The van der Waals surface area contributed by atoms with Crippen LogP contribution in [0.4, 0.5) is 11.9 Å². The number of rotatable bonds is 3. The van der Waals surface area contributed by atoms with E-state index in [0.29, 0.717) is 17.7 Å². The van der Waals surface area contributed by atoms with E-state index in [4.69, 9.17) is 5.84 Å². The minimum Gasteiger partial charge on any atom is -0.261 e. The number of H-pyrrole nitrogens is 2. The van der Waals surface area contributed by atoms with Gasteiger partial charge in [-0.05, 0) is 6.92 Å². The summed E-state index contributed by atoms with van der Waals surface area (Å²) in [4.78, 5) is 8.22. The topological polar surface area (TPSA) is 112 Å². The van der Waals surface area contributed by atoms with Gasteiger partial charge in [-0.2, -0.15) is 9.97 Å². The highest BCUT2D eigenvalue weighted by atomic mass is 15.6. The number of aromatic nitrogens is 6. The van der Waals surface area contributed by atoms with Crippen molar-refractivity contribution in [2.45, 2.75) is 20.3 Å². The Morgan fingerprint density at radius 3 is 2.40 bits per heavy atom. The van der Waals surface area contributed by atoms with Gasteiger partial charge in [0.15, 0.2) is 0 Å². The maximum absolute atomic E-state index is 5.74. The molecule has 2 aromatic heterocycles. The van der Waals surface area contributed by atoms with Crippen LogP contribution >= 0.6 is 0 Å². The van der Waals surface area contributed by atoms with Crippen LogP contribution in [-0.2, 0) is 6.42 Å². The maximum atomic E-state index is 5.74. The Morgan fingerprint density at radius 2 is 1.87 bits per heavy atom. The Balaban J connectivity index is 2.23. The van der Waals surface area contributed by atoms with Gasteiger partial charge in [-0.15, -0.1) is 10.2 Å². The van der Waals surface area contributed by atoms with Crippen molar-refractivity contribution in [3.05, 3.63) is 11.6 Å². The van der Waals surface area contributed by atoms with Gasteiger partial charge in [0.05, 0.1) is 0 Å². The summed E-state index contributed by atoms with van der Waals surface area (Å²) in [5, 5.41) is 14.5. The van der Waals surface area contributed by atoms with Crippen LogP contribution in [0.2, 0.25) is 0 Å². The second kappa shape index (κ2) is 3.65. The Hall–Kier alpha value is -1.96. The summed E-state index contributed by atoms with van der Waals surface area (Å²) in [6.07, 6.45) is 0.772. The van der Waals surface area contributed by atoms with Crippen molar-refractivity contribution in [2.24, 2.45) is 5.84 Å². The molecule has 0 bridgehead atoms. The molecule has 15 heavy (non-hydrogen) atoms. The molecule has 0 spiro atoms. The third-order valence-electron chi connectivity index (χ3n) is 1.87. The Kier molecular flexibility index (Phi) is 2.34. The molecule has 8 heteroatoms. The van der Waals surface area contributed by atoms with E-state index in [1.54, 1.807) is 6.92 Å². The molecule has 0 aliphatic heterocycles. The molecule has 0 saturated heterocycles. The van der Waals surface area contributed by atoms with E-state index in [1.165, 1.54) is 5.01 Å². The van der Waals surface area contributed by atoms with Crippen molar-refractivity contribution in [1.82, 2.24) is 30.4 Å². The van der Waals surface area contributed by atoms with Gasteiger partial charge in [0, 0.05) is 6.42 Å². The number of hydrogen-bond acceptors (Lipinski definition) is 6. The smallest absolute Gasteiger partial charge is 0.261 e. The van der Waals surface area contributed by atoms with E-state index in [2.05, 4.69) is 30.4 Å². The Bertz CT molecular complexity index is 443. The summed E-state index contributed by atoms with van der Waals surface area (Å²) in [6, 6.07) is 0. The molecule has 8 nitrogen and oxygen atoms in total. The molecular weight excluding hydrogens is 196 g/mol. The molecule has 0 unspecified atom stereocenters. The summed E-state index contributed by atoms with van der Waals surface area (Å²) in [5.74, 6) is 7.89. The summed E-state index contributed by atoms with van der Waals surface area (Å²) in [7, 11) is 0. The van der Waals surface area contributed by atoms with E-state index in [0.717, 1.165) is 12.2 Å². The van der Waals surface area contributed by atoms with Crippen LogP contribution in [0.1, 0.15) is 18.6 Å². The lowest BCUT2D eigenvalue weighted by atomic mass is 10.5. The summed E-state index contributed by atoms with van der Waals surface area (Å²) in [5.41, 5.74) is 0. The molecule has 4 N–H and O–H groups in total. The second-order valence-corrected chi connectivity index (χ2v) is 3.03. The average Bonchev–Trinajstić information content (AvgIpc) is 2.84. The maximum Gasteiger partial charge on any atom is 0.266 e. The highest BCUT2D eigenvalue weighted by molar-refractivity contribution is 5.43. The number of nitrogens with zero attached hydrogens (tertiary/aromatic N) is 5. The fourth-order valence-corrected chi connectivity index (χ4v) is 1.08. The van der Waals surface area contributed by atoms with Gasteiger partial charge in [-0.1, -0.05) is 6.92 Å². The van der Waals surface area contributed by atoms with E-state index < -0.39 is 0 Å². The second-order valence-electron chi connectivity index (χ2n) is 3.03. The summed E-state index contributed by atoms with van der Waals surface area (Å²) < 4.78 is 0. The third kappa shape index (κ3) is 1.79. The van der Waals surface area contributed by atoms with Crippen molar-refractivity contribution in [2.75, 3.05) is 5.01 Å². The predicted molar refractivity (Wildman–Crippen MR) is 53.2 cm³/mol. The van der Waals surface area contributed by atoms with Crippen LogP contribution < -0.4 is 10.9 Å². The zero-order chi connectivity index (χ0) is 10.8. The van der Waals surface area contributed by atoms with Gasteiger partial charge in [-0.25, -0.2) is 10.9 Å². The van der Waals surface area contributed by atoms with E-state index >= 15 is 0 Å². The normalized spacial score (nSPS) is 10.6.